The molecule has 0 amide bonds. The minimum Gasteiger partial charge on any atom is -0.333 e. The zero-order valence-corrected chi connectivity index (χ0v) is 13.3. The molecule has 0 fully saturated rings. The van der Waals surface area contributed by atoms with E-state index < -0.39 is 0 Å². The second-order valence-electron chi connectivity index (χ2n) is 5.40. The molecular weight excluding hydrogens is 276 g/mol. The van der Waals surface area contributed by atoms with E-state index in [-0.39, 0.29) is 0 Å². The van der Waals surface area contributed by atoms with Crippen LogP contribution >= 0.6 is 11.8 Å². The Balaban J connectivity index is 1.67. The maximum Gasteiger partial charge on any atom is 0.166 e. The average molecular weight is 296 g/mol. The molecule has 1 unspecified atom stereocenters. The van der Waals surface area contributed by atoms with Crippen LogP contribution in [0.15, 0.2) is 53.7 Å². The van der Waals surface area contributed by atoms with Crippen molar-refractivity contribution in [2.45, 2.75) is 37.1 Å². The largest absolute Gasteiger partial charge is 0.333 e. The van der Waals surface area contributed by atoms with E-state index in [1.165, 1.54) is 17.5 Å². The molecule has 0 saturated heterocycles. The number of fused-ring (bicyclic) bond motifs is 1. The van der Waals surface area contributed by atoms with Crippen molar-refractivity contribution in [3.8, 4) is 0 Å². The van der Waals surface area contributed by atoms with E-state index >= 15 is 0 Å². The Morgan fingerprint density at radius 2 is 1.86 bits per heavy atom. The number of hydrogen-bond acceptors (Lipinski definition) is 2. The summed E-state index contributed by atoms with van der Waals surface area (Å²) in [7, 11) is 0. The van der Waals surface area contributed by atoms with Crippen LogP contribution in [-0.2, 0) is 5.75 Å². The lowest BCUT2D eigenvalue weighted by molar-refractivity contribution is 0.733. The van der Waals surface area contributed by atoms with Crippen molar-refractivity contribution in [3.63, 3.8) is 0 Å². The van der Waals surface area contributed by atoms with Gasteiger partial charge in [0.15, 0.2) is 5.16 Å². The van der Waals surface area contributed by atoms with Crippen molar-refractivity contribution in [2.75, 3.05) is 0 Å². The van der Waals surface area contributed by atoms with Gasteiger partial charge < -0.3 is 4.98 Å². The van der Waals surface area contributed by atoms with E-state index in [1.807, 2.05) is 18.2 Å². The smallest absolute Gasteiger partial charge is 0.166 e. The third-order valence-corrected chi connectivity index (χ3v) is 4.85. The number of nitrogens with one attached hydrogen (secondary N) is 1. The number of imidazole rings is 1. The predicted octanol–water partition coefficient (Wildman–Crippen LogP) is 5.37. The lowest BCUT2D eigenvalue weighted by Crippen LogP contribution is -1.91. The summed E-state index contributed by atoms with van der Waals surface area (Å²) in [6.45, 7) is 4.51. The van der Waals surface area contributed by atoms with Crippen LogP contribution in [0.4, 0.5) is 0 Å². The third kappa shape index (κ3) is 3.30. The van der Waals surface area contributed by atoms with Gasteiger partial charge >= 0.3 is 0 Å². The molecule has 0 aliphatic rings. The van der Waals surface area contributed by atoms with Gasteiger partial charge in [-0.25, -0.2) is 4.98 Å². The molecule has 2 aromatic carbocycles. The molecule has 3 heteroatoms. The first-order valence-electron chi connectivity index (χ1n) is 7.42. The highest BCUT2D eigenvalue weighted by Crippen LogP contribution is 2.24. The highest BCUT2D eigenvalue weighted by molar-refractivity contribution is 7.98. The molecule has 1 aromatic heterocycles. The molecule has 0 spiro atoms. The summed E-state index contributed by atoms with van der Waals surface area (Å²) in [6.07, 6.45) is 1.19. The van der Waals surface area contributed by atoms with Crippen molar-refractivity contribution in [1.29, 1.82) is 0 Å². The molecule has 1 N–H and O–H groups in total. The second-order valence-corrected chi connectivity index (χ2v) is 6.36. The van der Waals surface area contributed by atoms with E-state index in [2.05, 4.69) is 54.1 Å². The maximum absolute atomic E-state index is 4.59. The van der Waals surface area contributed by atoms with Crippen LogP contribution < -0.4 is 0 Å². The molecule has 0 saturated carbocycles. The summed E-state index contributed by atoms with van der Waals surface area (Å²) in [4.78, 5) is 7.95. The molecular formula is C18H20N2S. The molecule has 3 aromatic rings. The number of thioether (sulfide) groups is 1. The van der Waals surface area contributed by atoms with Crippen LogP contribution in [0.3, 0.4) is 0 Å². The zero-order valence-electron chi connectivity index (χ0n) is 12.5. The molecule has 108 valence electrons. The van der Waals surface area contributed by atoms with Crippen LogP contribution in [0.25, 0.3) is 11.0 Å². The van der Waals surface area contributed by atoms with Gasteiger partial charge in [-0.15, -0.1) is 0 Å². The molecule has 0 radical (unpaired) electrons. The Labute approximate surface area is 130 Å². The standard InChI is InChI=1S/C18H20N2S/c1-3-13(2)15-10-8-14(9-11-15)12-21-18-19-16-6-4-5-7-17(16)20-18/h4-11,13H,3,12H2,1-2H3,(H,19,20). The Bertz CT molecular complexity index is 682. The highest BCUT2D eigenvalue weighted by Gasteiger charge is 2.05. The fourth-order valence-electron chi connectivity index (χ4n) is 2.33. The van der Waals surface area contributed by atoms with Gasteiger partial charge in [0.25, 0.3) is 0 Å². The second kappa shape index (κ2) is 6.35. The quantitative estimate of drug-likeness (QED) is 0.641. The molecule has 3 rings (SSSR count). The summed E-state index contributed by atoms with van der Waals surface area (Å²) in [5.74, 6) is 1.59. The van der Waals surface area contributed by atoms with E-state index in [4.69, 9.17) is 0 Å². The Kier molecular flexibility index (Phi) is 4.30. The fraction of sp³-hybridized carbons (Fsp3) is 0.278. The molecule has 1 atom stereocenters. The minimum atomic E-state index is 0.641. The van der Waals surface area contributed by atoms with E-state index in [0.717, 1.165) is 21.9 Å². The summed E-state index contributed by atoms with van der Waals surface area (Å²) < 4.78 is 0. The van der Waals surface area contributed by atoms with Crippen molar-refractivity contribution in [2.24, 2.45) is 0 Å². The lowest BCUT2D eigenvalue weighted by atomic mass is 9.98. The first kappa shape index (κ1) is 14.2. The SMILES string of the molecule is CCC(C)c1ccc(CSc2nc3ccccc3[nH]2)cc1. The first-order chi connectivity index (χ1) is 10.3. The molecule has 0 aliphatic heterocycles. The van der Waals surface area contributed by atoms with E-state index in [1.54, 1.807) is 11.8 Å². The number of nitrogens with zero attached hydrogens (tertiary/aromatic N) is 1. The highest BCUT2D eigenvalue weighted by atomic mass is 32.2. The van der Waals surface area contributed by atoms with Crippen LogP contribution in [-0.4, -0.2) is 9.97 Å². The van der Waals surface area contributed by atoms with Crippen LogP contribution in [0.2, 0.25) is 0 Å². The summed E-state index contributed by atoms with van der Waals surface area (Å²) >= 11 is 1.75. The maximum atomic E-state index is 4.59. The van der Waals surface area contributed by atoms with Gasteiger partial charge in [0.2, 0.25) is 0 Å². The van der Waals surface area contributed by atoms with E-state index in [0.29, 0.717) is 5.92 Å². The van der Waals surface area contributed by atoms with Crippen molar-refractivity contribution < 1.29 is 0 Å². The number of rotatable bonds is 5. The van der Waals surface area contributed by atoms with Gasteiger partial charge in [0.1, 0.15) is 0 Å². The van der Waals surface area contributed by atoms with Gasteiger partial charge in [0.05, 0.1) is 11.0 Å². The minimum absolute atomic E-state index is 0.641. The summed E-state index contributed by atoms with van der Waals surface area (Å²) in [5, 5.41) is 0.988. The lowest BCUT2D eigenvalue weighted by Gasteiger charge is -2.09. The third-order valence-electron chi connectivity index (χ3n) is 3.90. The summed E-state index contributed by atoms with van der Waals surface area (Å²) in [6, 6.07) is 17.1. The summed E-state index contributed by atoms with van der Waals surface area (Å²) in [5.41, 5.74) is 4.90. The Morgan fingerprint density at radius 3 is 2.57 bits per heavy atom. The van der Waals surface area contributed by atoms with Gasteiger partial charge in [-0.2, -0.15) is 0 Å². The monoisotopic (exact) mass is 296 g/mol. The van der Waals surface area contributed by atoms with Crippen molar-refractivity contribution in [3.05, 3.63) is 59.7 Å². The number of benzene rings is 2. The number of hydrogen-bond donors (Lipinski definition) is 1. The van der Waals surface area contributed by atoms with Crippen molar-refractivity contribution >= 4 is 22.8 Å². The van der Waals surface area contributed by atoms with Gasteiger partial charge in [0, 0.05) is 5.75 Å². The first-order valence-corrected chi connectivity index (χ1v) is 8.41. The van der Waals surface area contributed by atoms with Gasteiger partial charge in [-0.05, 0) is 35.6 Å². The number of H-pyrrole nitrogens is 1. The van der Waals surface area contributed by atoms with Crippen molar-refractivity contribution in [1.82, 2.24) is 9.97 Å². The Morgan fingerprint density at radius 1 is 1.10 bits per heavy atom. The molecule has 0 bridgehead atoms. The Hall–Kier alpha value is -1.74. The van der Waals surface area contributed by atoms with Gasteiger partial charge in [-0.3, -0.25) is 0 Å². The normalized spacial score (nSPS) is 12.7. The van der Waals surface area contributed by atoms with Crippen LogP contribution in [0.1, 0.15) is 37.3 Å². The zero-order chi connectivity index (χ0) is 14.7. The van der Waals surface area contributed by atoms with Crippen LogP contribution in [0.5, 0.6) is 0 Å². The molecule has 1 heterocycles. The molecule has 21 heavy (non-hydrogen) atoms. The van der Waals surface area contributed by atoms with E-state index in [9.17, 15) is 0 Å². The number of aromatic nitrogens is 2. The number of para-hydroxylation sites is 2. The molecule has 0 aliphatic carbocycles. The molecule has 2 nitrogen and oxygen atoms in total. The van der Waals surface area contributed by atoms with Crippen LogP contribution in [0, 0.1) is 0 Å². The average Bonchev–Trinajstić information content (AvgIpc) is 2.95. The number of aromatic amines is 1. The van der Waals surface area contributed by atoms with Gasteiger partial charge in [-0.1, -0.05) is 62.0 Å². The topological polar surface area (TPSA) is 28.7 Å². The predicted molar refractivity (Wildman–Crippen MR) is 90.8 cm³/mol. The fourth-order valence-corrected chi connectivity index (χ4v) is 3.17.